The van der Waals surface area contributed by atoms with E-state index in [0.717, 1.165) is 5.56 Å². The van der Waals surface area contributed by atoms with E-state index < -0.39 is 0 Å². The monoisotopic (exact) mass is 390 g/mol. The second kappa shape index (κ2) is 8.39. The molecule has 0 saturated carbocycles. The lowest BCUT2D eigenvalue weighted by atomic mass is 10.2. The Balaban J connectivity index is 1.36. The fourth-order valence-corrected chi connectivity index (χ4v) is 2.74. The van der Waals surface area contributed by atoms with Crippen LogP contribution in [0, 0.1) is 5.82 Å². The average Bonchev–Trinajstić information content (AvgIpc) is 3.27. The normalized spacial score (nSPS) is 10.7. The molecule has 0 spiro atoms. The lowest BCUT2D eigenvalue weighted by molar-refractivity contribution is 0.300. The Morgan fingerprint density at radius 3 is 2.62 bits per heavy atom. The highest BCUT2D eigenvalue weighted by molar-refractivity contribution is 5.46. The van der Waals surface area contributed by atoms with Crippen molar-refractivity contribution >= 4 is 11.8 Å². The molecule has 2 heterocycles. The third kappa shape index (κ3) is 4.67. The first-order chi connectivity index (χ1) is 14.2. The van der Waals surface area contributed by atoms with Gasteiger partial charge in [0.15, 0.2) is 5.82 Å². The van der Waals surface area contributed by atoms with Crippen molar-refractivity contribution in [2.24, 2.45) is 0 Å². The second-order valence-electron chi connectivity index (χ2n) is 6.30. The fourth-order valence-electron chi connectivity index (χ4n) is 2.74. The molecule has 0 amide bonds. The topological polar surface area (TPSA) is 90.9 Å². The third-order valence-corrected chi connectivity index (χ3v) is 4.22. The van der Waals surface area contributed by atoms with Gasteiger partial charge in [0.05, 0.1) is 0 Å². The molecule has 0 unspecified atom stereocenters. The molecule has 0 radical (unpaired) electrons. The third-order valence-electron chi connectivity index (χ3n) is 4.22. The number of rotatable bonds is 7. The molecule has 2 aromatic carbocycles. The zero-order valence-corrected chi connectivity index (χ0v) is 15.5. The Morgan fingerprint density at radius 1 is 1.03 bits per heavy atom. The number of nitrogens with one attached hydrogen (secondary N) is 1. The number of hydrogen-bond acceptors (Lipinski definition) is 6. The lowest BCUT2D eigenvalue weighted by Crippen LogP contribution is -2.08. The van der Waals surface area contributed by atoms with Crippen molar-refractivity contribution in [3.8, 4) is 11.6 Å². The van der Waals surface area contributed by atoms with Crippen LogP contribution in [-0.2, 0) is 13.2 Å². The van der Waals surface area contributed by atoms with Crippen molar-refractivity contribution in [1.82, 2.24) is 19.7 Å². The molecule has 0 aliphatic carbocycles. The summed E-state index contributed by atoms with van der Waals surface area (Å²) in [5.74, 6) is 1.75. The van der Waals surface area contributed by atoms with E-state index in [1.165, 1.54) is 6.07 Å². The molecule has 0 saturated heterocycles. The number of hydrogen-bond donors (Lipinski definition) is 2. The van der Waals surface area contributed by atoms with Gasteiger partial charge in [-0.15, -0.1) is 0 Å². The number of ether oxygens (including phenoxy) is 1. The first kappa shape index (κ1) is 18.4. The molecule has 4 rings (SSSR count). The first-order valence-electron chi connectivity index (χ1n) is 9.01. The molecule has 7 nitrogen and oxygen atoms in total. The van der Waals surface area contributed by atoms with E-state index >= 15 is 0 Å². The smallest absolute Gasteiger partial charge is 0.224 e. The summed E-state index contributed by atoms with van der Waals surface area (Å²) in [5.41, 5.74) is 7.35. The van der Waals surface area contributed by atoms with Crippen LogP contribution in [-0.4, -0.2) is 19.7 Å². The summed E-state index contributed by atoms with van der Waals surface area (Å²) in [4.78, 5) is 8.38. The second-order valence-corrected chi connectivity index (χ2v) is 6.30. The number of nitrogen functional groups attached to an aromatic ring is 1. The van der Waals surface area contributed by atoms with Crippen molar-refractivity contribution in [2.75, 3.05) is 11.1 Å². The SMILES string of the molecule is Nc1nc(NCc2ccc(OCc3ccccc3F)cc2)cc(-n2cccn2)n1. The van der Waals surface area contributed by atoms with Crippen LogP contribution < -0.4 is 15.8 Å². The zero-order valence-electron chi connectivity index (χ0n) is 15.5. The molecule has 8 heteroatoms. The van der Waals surface area contributed by atoms with Gasteiger partial charge < -0.3 is 15.8 Å². The molecule has 2 aromatic heterocycles. The minimum atomic E-state index is -0.271. The number of halogens is 1. The van der Waals surface area contributed by atoms with Crippen LogP contribution in [0.15, 0.2) is 73.1 Å². The quantitative estimate of drug-likeness (QED) is 0.501. The molecule has 146 valence electrons. The van der Waals surface area contributed by atoms with Crippen LogP contribution in [0.25, 0.3) is 5.82 Å². The van der Waals surface area contributed by atoms with Gasteiger partial charge >= 0.3 is 0 Å². The van der Waals surface area contributed by atoms with Crippen molar-refractivity contribution < 1.29 is 9.13 Å². The maximum Gasteiger partial charge on any atom is 0.224 e. The van der Waals surface area contributed by atoms with Crippen molar-refractivity contribution in [2.45, 2.75) is 13.2 Å². The van der Waals surface area contributed by atoms with Gasteiger partial charge in [0, 0.05) is 30.6 Å². The minimum Gasteiger partial charge on any atom is -0.489 e. The molecular formula is C21H19FN6O. The van der Waals surface area contributed by atoms with E-state index in [2.05, 4.69) is 20.4 Å². The molecule has 0 aliphatic rings. The van der Waals surface area contributed by atoms with Gasteiger partial charge in [-0.1, -0.05) is 30.3 Å². The van der Waals surface area contributed by atoms with Gasteiger partial charge in [-0.2, -0.15) is 15.1 Å². The van der Waals surface area contributed by atoms with Crippen molar-refractivity contribution in [3.63, 3.8) is 0 Å². The maximum absolute atomic E-state index is 13.7. The van der Waals surface area contributed by atoms with Gasteiger partial charge in [-0.05, 0) is 29.8 Å². The Hall–Kier alpha value is -3.94. The largest absolute Gasteiger partial charge is 0.489 e. The summed E-state index contributed by atoms with van der Waals surface area (Å²) in [6.45, 7) is 0.725. The van der Waals surface area contributed by atoms with Crippen LogP contribution >= 0.6 is 0 Å². The summed E-state index contributed by atoms with van der Waals surface area (Å²) < 4.78 is 20.9. The summed E-state index contributed by atoms with van der Waals surface area (Å²) in [5, 5.41) is 7.37. The highest BCUT2D eigenvalue weighted by atomic mass is 19.1. The van der Waals surface area contributed by atoms with Crippen LogP contribution in [0.5, 0.6) is 5.75 Å². The summed E-state index contributed by atoms with van der Waals surface area (Å²) in [6.07, 6.45) is 3.45. The number of anilines is 2. The Labute approximate surface area is 167 Å². The highest BCUT2D eigenvalue weighted by Crippen LogP contribution is 2.17. The van der Waals surface area contributed by atoms with Crippen molar-refractivity contribution in [3.05, 3.63) is 90.0 Å². The van der Waals surface area contributed by atoms with Crippen LogP contribution in [0.3, 0.4) is 0 Å². The van der Waals surface area contributed by atoms with Gasteiger partial charge in [0.1, 0.15) is 24.0 Å². The van der Waals surface area contributed by atoms with Gasteiger partial charge in [-0.25, -0.2) is 9.07 Å². The number of aromatic nitrogens is 4. The van der Waals surface area contributed by atoms with E-state index in [0.29, 0.717) is 29.5 Å². The van der Waals surface area contributed by atoms with Crippen molar-refractivity contribution in [1.29, 1.82) is 0 Å². The maximum atomic E-state index is 13.7. The van der Waals surface area contributed by atoms with E-state index in [1.54, 1.807) is 47.4 Å². The molecule has 0 atom stereocenters. The highest BCUT2D eigenvalue weighted by Gasteiger charge is 2.05. The molecule has 29 heavy (non-hydrogen) atoms. The zero-order chi connectivity index (χ0) is 20.1. The number of nitrogens with two attached hydrogens (primary N) is 1. The summed E-state index contributed by atoms with van der Waals surface area (Å²) in [6, 6.07) is 17.7. The number of benzene rings is 2. The lowest BCUT2D eigenvalue weighted by Gasteiger charge is -2.10. The standard InChI is InChI=1S/C21H19FN6O/c22-18-5-2-1-4-16(18)14-29-17-8-6-15(7-9-17)13-24-19-12-20(27-21(23)26-19)28-11-3-10-25-28/h1-12H,13-14H2,(H3,23,24,26,27). The summed E-state index contributed by atoms with van der Waals surface area (Å²) >= 11 is 0. The Bertz CT molecular complexity index is 1080. The minimum absolute atomic E-state index is 0.164. The van der Waals surface area contributed by atoms with Crippen LogP contribution in [0.2, 0.25) is 0 Å². The Morgan fingerprint density at radius 2 is 1.86 bits per heavy atom. The average molecular weight is 390 g/mol. The molecule has 4 aromatic rings. The van der Waals surface area contributed by atoms with E-state index in [1.807, 2.05) is 24.3 Å². The van der Waals surface area contributed by atoms with Crippen LogP contribution in [0.1, 0.15) is 11.1 Å². The molecular weight excluding hydrogens is 371 g/mol. The van der Waals surface area contributed by atoms with E-state index in [-0.39, 0.29) is 18.4 Å². The number of nitrogens with zero attached hydrogens (tertiary/aromatic N) is 4. The van der Waals surface area contributed by atoms with E-state index in [9.17, 15) is 4.39 Å². The molecule has 0 fully saturated rings. The molecule has 3 N–H and O–H groups in total. The molecule has 0 aliphatic heterocycles. The fraction of sp³-hybridized carbons (Fsp3) is 0.0952. The van der Waals surface area contributed by atoms with Gasteiger partial charge in [0.2, 0.25) is 5.95 Å². The van der Waals surface area contributed by atoms with Gasteiger partial charge in [0.25, 0.3) is 0 Å². The predicted octanol–water partition coefficient (Wildman–Crippen LogP) is 3.57. The first-order valence-corrected chi connectivity index (χ1v) is 9.01. The molecule has 0 bridgehead atoms. The Kier molecular flexibility index (Phi) is 5.33. The predicted molar refractivity (Wildman–Crippen MR) is 108 cm³/mol. The summed E-state index contributed by atoms with van der Waals surface area (Å²) in [7, 11) is 0. The van der Waals surface area contributed by atoms with Crippen LogP contribution in [0.4, 0.5) is 16.2 Å². The van der Waals surface area contributed by atoms with E-state index in [4.69, 9.17) is 10.5 Å². The van der Waals surface area contributed by atoms with Gasteiger partial charge in [-0.3, -0.25) is 0 Å².